The molecule has 2 rings (SSSR count). The Balaban J connectivity index is 2.12. The van der Waals surface area contributed by atoms with Crippen LogP contribution in [-0.4, -0.2) is 0 Å². The van der Waals surface area contributed by atoms with E-state index in [1.165, 1.54) is 0 Å². The molecule has 0 heterocycles. The molecule has 0 amide bonds. The molecule has 2 aromatic carbocycles. The zero-order valence-electron chi connectivity index (χ0n) is 8.30. The molecule has 0 aliphatic rings. The van der Waals surface area contributed by atoms with Crippen LogP contribution >= 0.6 is 12.4 Å². The van der Waals surface area contributed by atoms with Crippen LogP contribution < -0.4 is 8.92 Å². The van der Waals surface area contributed by atoms with E-state index in [0.717, 1.165) is 5.75 Å². The van der Waals surface area contributed by atoms with Crippen LogP contribution in [0.15, 0.2) is 54.6 Å². The van der Waals surface area contributed by atoms with Crippen molar-refractivity contribution in [2.75, 3.05) is 0 Å². The molecule has 2 aromatic rings. The first-order valence-corrected chi connectivity index (χ1v) is 5.31. The summed E-state index contributed by atoms with van der Waals surface area (Å²) < 4.78 is 22.1. The highest BCUT2D eigenvalue weighted by atomic mass is 32.2. The lowest BCUT2D eigenvalue weighted by Crippen LogP contribution is -1.84. The molecule has 0 saturated carbocycles. The fourth-order valence-electron chi connectivity index (χ4n) is 1.25. The van der Waals surface area contributed by atoms with Crippen molar-refractivity contribution in [1.29, 1.82) is 0 Å². The largest absolute Gasteiger partial charge is 0.457 e. The van der Waals surface area contributed by atoms with Gasteiger partial charge in [0.15, 0.2) is 0 Å². The molecule has 0 bridgehead atoms. The van der Waals surface area contributed by atoms with E-state index in [-0.39, 0.29) is 12.4 Å². The fourth-order valence-corrected chi connectivity index (χ4v) is 1.43. The molecule has 4 heteroatoms. The summed E-state index contributed by atoms with van der Waals surface area (Å²) in [7, 11) is 0. The van der Waals surface area contributed by atoms with Gasteiger partial charge in [-0.05, 0) is 24.3 Å². The molecule has 16 heavy (non-hydrogen) atoms. The smallest absolute Gasteiger partial charge is 0.272 e. The van der Waals surface area contributed by atoms with Gasteiger partial charge in [-0.1, -0.05) is 24.3 Å². The Labute approximate surface area is 97.5 Å². The number of halogens is 1. The summed E-state index contributed by atoms with van der Waals surface area (Å²) >= 11 is -0.186. The molecule has 0 aliphatic carbocycles. The van der Waals surface area contributed by atoms with Crippen LogP contribution in [0, 0.1) is 0 Å². The van der Waals surface area contributed by atoms with Gasteiger partial charge in [0.2, 0.25) is 0 Å². The highest BCUT2D eigenvalue weighted by molar-refractivity contribution is 7.89. The van der Waals surface area contributed by atoms with Gasteiger partial charge in [-0.15, -0.1) is 3.89 Å². The number of hydrogen-bond acceptors (Lipinski definition) is 3. The highest BCUT2D eigenvalue weighted by Gasteiger charge is 1.99. The van der Waals surface area contributed by atoms with E-state index < -0.39 is 0 Å². The summed E-state index contributed by atoms with van der Waals surface area (Å²) in [5, 5.41) is 0. The first-order chi connectivity index (χ1) is 7.88. The van der Waals surface area contributed by atoms with E-state index in [2.05, 4.69) is 4.18 Å². The third kappa shape index (κ3) is 2.90. The van der Waals surface area contributed by atoms with Gasteiger partial charge >= 0.3 is 0 Å². The molecule has 0 aromatic heterocycles. The SMILES string of the molecule is FSOc1cccc(Oc2ccccc2)c1. The minimum absolute atomic E-state index is 0.186. The van der Waals surface area contributed by atoms with Gasteiger partial charge in [-0.2, -0.15) is 0 Å². The average molecular weight is 236 g/mol. The van der Waals surface area contributed by atoms with Crippen LogP contribution in [0.3, 0.4) is 0 Å². The minimum Gasteiger partial charge on any atom is -0.457 e. The predicted molar refractivity (Wildman–Crippen MR) is 62.3 cm³/mol. The molecular weight excluding hydrogens is 227 g/mol. The number of para-hydroxylation sites is 1. The van der Waals surface area contributed by atoms with E-state index in [9.17, 15) is 3.89 Å². The molecule has 2 nitrogen and oxygen atoms in total. The quantitative estimate of drug-likeness (QED) is 0.733. The first-order valence-electron chi connectivity index (χ1n) is 4.67. The van der Waals surface area contributed by atoms with Crippen LogP contribution in [-0.2, 0) is 0 Å². The molecule has 0 saturated heterocycles. The summed E-state index contributed by atoms with van der Waals surface area (Å²) in [4.78, 5) is 0. The Morgan fingerprint density at radius 3 is 2.25 bits per heavy atom. The van der Waals surface area contributed by atoms with Gasteiger partial charge in [-0.25, -0.2) is 0 Å². The Morgan fingerprint density at radius 1 is 0.812 bits per heavy atom. The molecule has 0 radical (unpaired) electrons. The van der Waals surface area contributed by atoms with E-state index >= 15 is 0 Å². The fraction of sp³-hybridized carbons (Fsp3) is 0. The van der Waals surface area contributed by atoms with Crippen molar-refractivity contribution in [3.05, 3.63) is 54.6 Å². The standard InChI is InChI=1S/C12H9FO2S/c13-16-15-12-8-4-7-11(9-12)14-10-5-2-1-3-6-10/h1-9H. The number of ether oxygens (including phenoxy) is 1. The van der Waals surface area contributed by atoms with Crippen molar-refractivity contribution in [1.82, 2.24) is 0 Å². The van der Waals surface area contributed by atoms with Crippen LogP contribution in [0.4, 0.5) is 3.89 Å². The molecule has 0 N–H and O–H groups in total. The summed E-state index contributed by atoms with van der Waals surface area (Å²) in [5.41, 5.74) is 0. The zero-order chi connectivity index (χ0) is 11.2. The number of rotatable bonds is 4. The van der Waals surface area contributed by atoms with E-state index in [4.69, 9.17) is 4.74 Å². The van der Waals surface area contributed by atoms with Crippen molar-refractivity contribution in [3.8, 4) is 17.2 Å². The molecule has 0 unspecified atom stereocenters. The van der Waals surface area contributed by atoms with E-state index in [0.29, 0.717) is 11.5 Å². The lowest BCUT2D eigenvalue weighted by Gasteiger charge is -2.06. The molecule has 0 spiro atoms. The summed E-state index contributed by atoms with van der Waals surface area (Å²) in [6.07, 6.45) is 0. The molecule has 0 aliphatic heterocycles. The van der Waals surface area contributed by atoms with Crippen LogP contribution in [0.5, 0.6) is 17.2 Å². The second-order valence-corrected chi connectivity index (χ2v) is 3.33. The lowest BCUT2D eigenvalue weighted by atomic mass is 10.3. The van der Waals surface area contributed by atoms with E-state index in [1.54, 1.807) is 24.3 Å². The van der Waals surface area contributed by atoms with Crippen molar-refractivity contribution >= 4 is 12.4 Å². The second kappa shape index (κ2) is 5.42. The predicted octanol–water partition coefficient (Wildman–Crippen LogP) is 4.39. The Bertz CT molecular complexity index is 448. The molecule has 0 fully saturated rings. The van der Waals surface area contributed by atoms with Gasteiger partial charge in [0.05, 0.1) is 0 Å². The monoisotopic (exact) mass is 236 g/mol. The molecular formula is C12H9FO2S. The first kappa shape index (κ1) is 10.8. The Hall–Kier alpha value is -1.68. The number of hydrogen-bond donors (Lipinski definition) is 0. The molecule has 82 valence electrons. The maximum absolute atomic E-state index is 11.9. The van der Waals surface area contributed by atoms with Crippen molar-refractivity contribution in [2.45, 2.75) is 0 Å². The normalized spacial score (nSPS) is 9.81. The number of benzene rings is 2. The van der Waals surface area contributed by atoms with E-state index in [1.807, 2.05) is 30.3 Å². The lowest BCUT2D eigenvalue weighted by molar-refractivity contribution is 0.479. The Morgan fingerprint density at radius 2 is 1.50 bits per heavy atom. The third-order valence-corrected chi connectivity index (χ3v) is 2.17. The van der Waals surface area contributed by atoms with Gasteiger partial charge < -0.3 is 8.92 Å². The van der Waals surface area contributed by atoms with Gasteiger partial charge in [0.1, 0.15) is 17.2 Å². The maximum Gasteiger partial charge on any atom is 0.272 e. The topological polar surface area (TPSA) is 18.5 Å². The van der Waals surface area contributed by atoms with Crippen LogP contribution in [0.2, 0.25) is 0 Å². The van der Waals surface area contributed by atoms with Gasteiger partial charge in [-0.3, -0.25) is 0 Å². The third-order valence-electron chi connectivity index (χ3n) is 1.91. The summed E-state index contributed by atoms with van der Waals surface area (Å²) in [6.45, 7) is 0. The van der Waals surface area contributed by atoms with Gasteiger partial charge in [0.25, 0.3) is 12.4 Å². The highest BCUT2D eigenvalue weighted by Crippen LogP contribution is 2.26. The van der Waals surface area contributed by atoms with Crippen LogP contribution in [0.25, 0.3) is 0 Å². The summed E-state index contributed by atoms with van der Waals surface area (Å²) in [6, 6.07) is 16.2. The van der Waals surface area contributed by atoms with Crippen molar-refractivity contribution < 1.29 is 12.8 Å². The van der Waals surface area contributed by atoms with Crippen LogP contribution in [0.1, 0.15) is 0 Å². The summed E-state index contributed by atoms with van der Waals surface area (Å²) in [5.74, 6) is 1.76. The molecule has 0 atom stereocenters. The average Bonchev–Trinajstić information content (AvgIpc) is 2.31. The Kier molecular flexibility index (Phi) is 3.66. The van der Waals surface area contributed by atoms with Crippen molar-refractivity contribution in [3.63, 3.8) is 0 Å². The van der Waals surface area contributed by atoms with Crippen molar-refractivity contribution in [2.24, 2.45) is 0 Å². The van der Waals surface area contributed by atoms with Gasteiger partial charge in [0, 0.05) is 6.07 Å². The zero-order valence-corrected chi connectivity index (χ0v) is 9.12. The minimum atomic E-state index is -0.186. The second-order valence-electron chi connectivity index (χ2n) is 3.04. The maximum atomic E-state index is 11.9.